The summed E-state index contributed by atoms with van der Waals surface area (Å²) in [5, 5.41) is 4.51. The Labute approximate surface area is 188 Å². The number of aryl methyl sites for hydroxylation is 1. The zero-order valence-electron chi connectivity index (χ0n) is 18.3. The van der Waals surface area contributed by atoms with Crippen molar-refractivity contribution in [1.29, 1.82) is 0 Å². The van der Waals surface area contributed by atoms with E-state index < -0.39 is 0 Å². The van der Waals surface area contributed by atoms with Crippen molar-refractivity contribution < 1.29 is 4.74 Å². The fourth-order valence-electron chi connectivity index (χ4n) is 4.27. The summed E-state index contributed by atoms with van der Waals surface area (Å²) in [5.41, 5.74) is 11.6. The van der Waals surface area contributed by atoms with Crippen LogP contribution in [0.1, 0.15) is 30.5 Å². The number of likely N-dealkylation sites (tertiary alicyclic amines) is 1. The lowest BCUT2D eigenvalue weighted by atomic mass is 10.1. The monoisotopic (exact) mass is 427 g/mol. The van der Waals surface area contributed by atoms with Gasteiger partial charge in [0, 0.05) is 11.3 Å². The Hall–Kier alpha value is -3.38. The summed E-state index contributed by atoms with van der Waals surface area (Å²) in [4.78, 5) is 6.77. The minimum Gasteiger partial charge on any atom is -0.489 e. The molecule has 0 aliphatic carbocycles. The van der Waals surface area contributed by atoms with Crippen LogP contribution in [0, 0.1) is 0 Å². The van der Waals surface area contributed by atoms with Crippen LogP contribution in [0.4, 0.5) is 5.82 Å². The van der Waals surface area contributed by atoms with Gasteiger partial charge in [-0.3, -0.25) is 0 Å². The van der Waals surface area contributed by atoms with Crippen molar-refractivity contribution in [1.82, 2.24) is 19.5 Å². The van der Waals surface area contributed by atoms with Gasteiger partial charge in [-0.15, -0.1) is 0 Å². The zero-order valence-corrected chi connectivity index (χ0v) is 18.3. The molecule has 0 atom stereocenters. The summed E-state index contributed by atoms with van der Waals surface area (Å²) in [5.74, 6) is 1.33. The molecule has 0 saturated carbocycles. The number of nitrogens with zero attached hydrogens (tertiary/aromatic N) is 4. The molecule has 0 spiro atoms. The van der Waals surface area contributed by atoms with Crippen LogP contribution in [0.3, 0.4) is 0 Å². The molecule has 1 aliphatic rings. The second-order valence-corrected chi connectivity index (χ2v) is 8.41. The number of aromatic nitrogens is 3. The molecule has 6 heteroatoms. The van der Waals surface area contributed by atoms with Crippen molar-refractivity contribution >= 4 is 11.3 Å². The summed E-state index contributed by atoms with van der Waals surface area (Å²) in [6, 6.07) is 20.6. The van der Waals surface area contributed by atoms with Crippen LogP contribution >= 0.6 is 0 Å². The van der Waals surface area contributed by atoms with E-state index in [9.17, 15) is 0 Å². The summed E-state index contributed by atoms with van der Waals surface area (Å²) < 4.78 is 8.00. The topological polar surface area (TPSA) is 68.7 Å². The first-order valence-electron chi connectivity index (χ1n) is 11.4. The van der Waals surface area contributed by atoms with Crippen molar-refractivity contribution in [3.05, 3.63) is 78.2 Å². The molecular formula is C26H29N5O. The largest absolute Gasteiger partial charge is 0.489 e. The quantitative estimate of drug-likeness (QED) is 0.396. The first-order valence-corrected chi connectivity index (χ1v) is 11.4. The second kappa shape index (κ2) is 9.40. The van der Waals surface area contributed by atoms with Crippen molar-refractivity contribution in [2.24, 2.45) is 0 Å². The first kappa shape index (κ1) is 20.5. The van der Waals surface area contributed by atoms with Crippen LogP contribution in [0.15, 0.2) is 67.0 Å². The molecule has 32 heavy (non-hydrogen) atoms. The average molecular weight is 428 g/mol. The highest BCUT2D eigenvalue weighted by atomic mass is 16.5. The van der Waals surface area contributed by atoms with E-state index in [0.717, 1.165) is 40.8 Å². The number of anilines is 1. The number of nitrogen functional groups attached to an aromatic ring is 1. The first-order chi connectivity index (χ1) is 15.8. The Morgan fingerprint density at radius 3 is 2.66 bits per heavy atom. The minimum absolute atomic E-state index is 0.498. The Bertz CT molecular complexity index is 1180. The zero-order chi connectivity index (χ0) is 21.8. The predicted molar refractivity (Wildman–Crippen MR) is 128 cm³/mol. The fraction of sp³-hybridized carbons (Fsp3) is 0.308. The van der Waals surface area contributed by atoms with E-state index in [1.165, 1.54) is 44.5 Å². The Kier molecular flexibility index (Phi) is 6.03. The van der Waals surface area contributed by atoms with Gasteiger partial charge in [0.25, 0.3) is 0 Å². The molecule has 0 bridgehead atoms. The minimum atomic E-state index is 0.498. The van der Waals surface area contributed by atoms with Crippen LogP contribution in [-0.2, 0) is 13.0 Å². The smallest absolute Gasteiger partial charge is 0.151 e. The molecule has 0 radical (unpaired) electrons. The lowest BCUT2D eigenvalue weighted by molar-refractivity contribution is 0.178. The van der Waals surface area contributed by atoms with Crippen molar-refractivity contribution in [3.63, 3.8) is 0 Å². The number of benzene rings is 2. The molecule has 0 unspecified atom stereocenters. The van der Waals surface area contributed by atoms with E-state index in [0.29, 0.717) is 12.4 Å². The van der Waals surface area contributed by atoms with Gasteiger partial charge in [0.1, 0.15) is 24.2 Å². The lowest BCUT2D eigenvalue weighted by Crippen LogP contribution is -2.37. The molecule has 2 aromatic heterocycles. The van der Waals surface area contributed by atoms with E-state index in [1.807, 2.05) is 34.8 Å². The lowest BCUT2D eigenvalue weighted by Gasteiger charge is -2.30. The molecule has 2 N–H and O–H groups in total. The van der Waals surface area contributed by atoms with Crippen molar-refractivity contribution in [3.8, 4) is 16.9 Å². The Morgan fingerprint density at radius 1 is 0.969 bits per heavy atom. The molecule has 4 aromatic rings. The highest BCUT2D eigenvalue weighted by Crippen LogP contribution is 2.33. The number of rotatable bonds is 9. The molecule has 1 saturated heterocycles. The van der Waals surface area contributed by atoms with Crippen LogP contribution in [0.2, 0.25) is 0 Å². The highest BCUT2D eigenvalue weighted by Gasteiger charge is 2.16. The van der Waals surface area contributed by atoms with Gasteiger partial charge >= 0.3 is 0 Å². The molecule has 0 amide bonds. The highest BCUT2D eigenvalue weighted by molar-refractivity contribution is 5.88. The van der Waals surface area contributed by atoms with Crippen molar-refractivity contribution in [2.75, 3.05) is 25.4 Å². The van der Waals surface area contributed by atoms with E-state index in [2.05, 4.69) is 45.3 Å². The van der Waals surface area contributed by atoms with Crippen LogP contribution in [0.5, 0.6) is 5.75 Å². The van der Waals surface area contributed by atoms with Crippen molar-refractivity contribution in [2.45, 2.75) is 32.3 Å². The summed E-state index contributed by atoms with van der Waals surface area (Å²) >= 11 is 0. The van der Waals surface area contributed by atoms with Gasteiger partial charge in [-0.05, 0) is 74.6 Å². The van der Waals surface area contributed by atoms with Gasteiger partial charge in [-0.2, -0.15) is 5.10 Å². The van der Waals surface area contributed by atoms with E-state index >= 15 is 0 Å². The van der Waals surface area contributed by atoms with Gasteiger partial charge in [0.05, 0.1) is 0 Å². The van der Waals surface area contributed by atoms with Crippen LogP contribution in [0.25, 0.3) is 16.6 Å². The summed E-state index contributed by atoms with van der Waals surface area (Å²) in [6.45, 7) is 4.23. The molecule has 3 heterocycles. The third-order valence-corrected chi connectivity index (χ3v) is 6.16. The molecule has 1 fully saturated rings. The normalized spacial score (nSPS) is 13.9. The average Bonchev–Trinajstić information content (AvgIpc) is 3.17. The number of hydrogen-bond donors (Lipinski definition) is 1. The molecule has 2 aromatic carbocycles. The SMILES string of the molecule is Nc1ncnn2c(CCCCN3CCC3)cc(-c3cccc(OCc4ccccc4)c3)c12. The van der Waals surface area contributed by atoms with Crippen LogP contribution in [-0.4, -0.2) is 39.1 Å². The number of fused-ring (bicyclic) bond motifs is 1. The summed E-state index contributed by atoms with van der Waals surface area (Å²) in [6.07, 6.45) is 6.18. The van der Waals surface area contributed by atoms with E-state index in [-0.39, 0.29) is 0 Å². The Morgan fingerprint density at radius 2 is 1.84 bits per heavy atom. The fourth-order valence-corrected chi connectivity index (χ4v) is 4.27. The van der Waals surface area contributed by atoms with Gasteiger partial charge in [-0.25, -0.2) is 9.50 Å². The Balaban J connectivity index is 1.37. The number of unbranched alkanes of at least 4 members (excludes halogenated alkanes) is 1. The van der Waals surface area contributed by atoms with Gasteiger partial charge in [-0.1, -0.05) is 42.5 Å². The molecule has 5 rings (SSSR count). The number of hydrogen-bond acceptors (Lipinski definition) is 5. The maximum absolute atomic E-state index is 6.29. The third-order valence-electron chi connectivity index (χ3n) is 6.16. The van der Waals surface area contributed by atoms with Gasteiger partial charge in [0.2, 0.25) is 0 Å². The number of nitrogens with two attached hydrogens (primary N) is 1. The van der Waals surface area contributed by atoms with E-state index in [1.54, 1.807) is 0 Å². The standard InChI is InChI=1S/C26H29N5O/c27-26-25-24(21-10-6-12-23(16-21)32-18-20-8-2-1-3-9-20)17-22(31(25)29-19-28-26)11-4-5-13-30-14-7-15-30/h1-3,6,8-10,12,16-17,19H,4-5,7,11,13-15,18H2,(H2,27,28,29). The van der Waals surface area contributed by atoms with E-state index in [4.69, 9.17) is 10.5 Å². The van der Waals surface area contributed by atoms with Gasteiger partial charge < -0.3 is 15.4 Å². The predicted octanol–water partition coefficient (Wildman–Crippen LogP) is 4.59. The summed E-state index contributed by atoms with van der Waals surface area (Å²) in [7, 11) is 0. The molecule has 6 nitrogen and oxygen atoms in total. The van der Waals surface area contributed by atoms with Gasteiger partial charge in [0.15, 0.2) is 5.82 Å². The van der Waals surface area contributed by atoms with Crippen LogP contribution < -0.4 is 10.5 Å². The number of ether oxygens (including phenoxy) is 1. The molecule has 164 valence electrons. The molecule has 1 aliphatic heterocycles. The molecular weight excluding hydrogens is 398 g/mol. The third kappa shape index (κ3) is 4.46. The maximum atomic E-state index is 6.29. The second-order valence-electron chi connectivity index (χ2n) is 8.41. The maximum Gasteiger partial charge on any atom is 0.151 e.